The molecule has 0 aliphatic carbocycles. The van der Waals surface area contributed by atoms with Crippen molar-refractivity contribution in [3.05, 3.63) is 65.7 Å². The first-order chi connectivity index (χ1) is 11.5. The molecule has 0 radical (unpaired) electrons. The van der Waals surface area contributed by atoms with Crippen LogP contribution in [0, 0.1) is 0 Å². The minimum Gasteiger partial charge on any atom is -0.508 e. The van der Waals surface area contributed by atoms with Gasteiger partial charge < -0.3 is 15.3 Å². The number of aromatic hydroxyl groups is 1. The quantitative estimate of drug-likeness (QED) is 0.789. The molecule has 1 aliphatic heterocycles. The standard InChI is InChI=1S/C20H25NO3/c1-15(19(23)17-7-9-18(22)10-8-17)21-12-11-20(24,14-21)13-16-5-3-2-4-6-16/h2-10,15,19,22-24H,11-14H2,1H3/t15-,19?,20?/m0/s1. The fourth-order valence-electron chi connectivity index (χ4n) is 3.51. The molecule has 1 fully saturated rings. The van der Waals surface area contributed by atoms with Gasteiger partial charge in [-0.15, -0.1) is 0 Å². The third kappa shape index (κ3) is 3.78. The molecule has 3 N–H and O–H groups in total. The lowest BCUT2D eigenvalue weighted by Crippen LogP contribution is -2.41. The smallest absolute Gasteiger partial charge is 0.115 e. The normalized spacial score (nSPS) is 24.0. The van der Waals surface area contributed by atoms with E-state index in [1.54, 1.807) is 24.3 Å². The second-order valence-electron chi connectivity index (χ2n) is 6.88. The number of likely N-dealkylation sites (tertiary alicyclic amines) is 1. The van der Waals surface area contributed by atoms with Gasteiger partial charge in [0.05, 0.1) is 11.7 Å². The molecule has 0 aromatic heterocycles. The Bertz CT molecular complexity index is 658. The zero-order valence-electron chi connectivity index (χ0n) is 14.0. The third-order valence-electron chi connectivity index (χ3n) is 5.01. The molecular weight excluding hydrogens is 302 g/mol. The Kier molecular flexibility index (Phi) is 4.90. The first-order valence-electron chi connectivity index (χ1n) is 8.44. The molecule has 1 aliphatic rings. The van der Waals surface area contributed by atoms with E-state index < -0.39 is 11.7 Å². The van der Waals surface area contributed by atoms with Gasteiger partial charge >= 0.3 is 0 Å². The number of phenolic OH excluding ortho intramolecular Hbond substituents is 1. The monoisotopic (exact) mass is 327 g/mol. The Morgan fingerprint density at radius 1 is 1.08 bits per heavy atom. The summed E-state index contributed by atoms with van der Waals surface area (Å²) in [6, 6.07) is 16.6. The molecular formula is C20H25NO3. The summed E-state index contributed by atoms with van der Waals surface area (Å²) >= 11 is 0. The van der Waals surface area contributed by atoms with Gasteiger partial charge in [0.2, 0.25) is 0 Å². The number of benzene rings is 2. The van der Waals surface area contributed by atoms with Crippen LogP contribution in [0.15, 0.2) is 54.6 Å². The molecule has 1 saturated heterocycles. The largest absolute Gasteiger partial charge is 0.508 e. The fraction of sp³-hybridized carbons (Fsp3) is 0.400. The summed E-state index contributed by atoms with van der Waals surface area (Å²) in [5, 5.41) is 30.9. The highest BCUT2D eigenvalue weighted by molar-refractivity contribution is 5.28. The van der Waals surface area contributed by atoms with Gasteiger partial charge in [-0.05, 0) is 36.6 Å². The Hall–Kier alpha value is -1.88. The number of hydrogen-bond donors (Lipinski definition) is 3. The lowest BCUT2D eigenvalue weighted by molar-refractivity contribution is 0.0241. The minimum atomic E-state index is -0.746. The van der Waals surface area contributed by atoms with Gasteiger partial charge in [0, 0.05) is 25.6 Å². The summed E-state index contributed by atoms with van der Waals surface area (Å²) in [7, 11) is 0. The van der Waals surface area contributed by atoms with Gasteiger partial charge in [0.25, 0.3) is 0 Å². The SMILES string of the molecule is C[C@@H](C(O)c1ccc(O)cc1)N1CCC(O)(Cc2ccccc2)C1. The molecule has 0 bridgehead atoms. The molecule has 4 heteroatoms. The van der Waals surface area contributed by atoms with Gasteiger partial charge in [-0.2, -0.15) is 0 Å². The average Bonchev–Trinajstić information content (AvgIpc) is 2.97. The number of rotatable bonds is 5. The highest BCUT2D eigenvalue weighted by Crippen LogP contribution is 2.31. The number of β-amino-alcohol motifs (C(OH)–C–C–N with tert-alkyl or cyclic N) is 1. The van der Waals surface area contributed by atoms with E-state index in [2.05, 4.69) is 4.90 Å². The van der Waals surface area contributed by atoms with Crippen molar-refractivity contribution in [1.29, 1.82) is 0 Å². The van der Waals surface area contributed by atoms with Crippen LogP contribution in [0.2, 0.25) is 0 Å². The maximum Gasteiger partial charge on any atom is 0.115 e. The van der Waals surface area contributed by atoms with E-state index in [9.17, 15) is 15.3 Å². The maximum atomic E-state index is 10.9. The molecule has 2 aromatic carbocycles. The molecule has 1 heterocycles. The van der Waals surface area contributed by atoms with E-state index in [1.807, 2.05) is 37.3 Å². The van der Waals surface area contributed by atoms with Crippen molar-refractivity contribution in [3.8, 4) is 5.75 Å². The predicted molar refractivity (Wildman–Crippen MR) is 93.8 cm³/mol. The van der Waals surface area contributed by atoms with Crippen LogP contribution in [-0.4, -0.2) is 45.0 Å². The fourth-order valence-corrected chi connectivity index (χ4v) is 3.51. The van der Waals surface area contributed by atoms with Crippen molar-refractivity contribution in [2.75, 3.05) is 13.1 Å². The summed E-state index contributed by atoms with van der Waals surface area (Å²) in [4.78, 5) is 2.14. The number of aliphatic hydroxyl groups is 2. The number of hydrogen-bond acceptors (Lipinski definition) is 4. The van der Waals surface area contributed by atoms with E-state index in [-0.39, 0.29) is 11.8 Å². The molecule has 3 rings (SSSR count). The molecule has 4 nitrogen and oxygen atoms in total. The van der Waals surface area contributed by atoms with Crippen LogP contribution in [-0.2, 0) is 6.42 Å². The Labute approximate surface area is 143 Å². The van der Waals surface area contributed by atoms with Crippen LogP contribution < -0.4 is 0 Å². The summed E-state index contributed by atoms with van der Waals surface area (Å²) in [6.45, 7) is 3.30. The maximum absolute atomic E-state index is 10.9. The molecule has 0 spiro atoms. The van der Waals surface area contributed by atoms with E-state index in [4.69, 9.17) is 0 Å². The van der Waals surface area contributed by atoms with Crippen LogP contribution in [0.1, 0.15) is 30.6 Å². The summed E-state index contributed by atoms with van der Waals surface area (Å²) in [5.41, 5.74) is 1.16. The molecule has 0 amide bonds. The second-order valence-corrected chi connectivity index (χ2v) is 6.88. The zero-order valence-corrected chi connectivity index (χ0v) is 14.0. The topological polar surface area (TPSA) is 63.9 Å². The number of nitrogens with zero attached hydrogens (tertiary/aromatic N) is 1. The van der Waals surface area contributed by atoms with E-state index in [1.165, 1.54) is 0 Å². The molecule has 0 saturated carbocycles. The van der Waals surface area contributed by atoms with Gasteiger partial charge in [-0.25, -0.2) is 0 Å². The Morgan fingerprint density at radius 2 is 1.75 bits per heavy atom. The predicted octanol–water partition coefficient (Wildman–Crippen LogP) is 2.49. The lowest BCUT2D eigenvalue weighted by atomic mass is 9.94. The van der Waals surface area contributed by atoms with Crippen LogP contribution >= 0.6 is 0 Å². The van der Waals surface area contributed by atoms with Gasteiger partial charge in [-0.1, -0.05) is 42.5 Å². The van der Waals surface area contributed by atoms with E-state index in [0.717, 1.165) is 17.7 Å². The highest BCUT2D eigenvalue weighted by atomic mass is 16.3. The van der Waals surface area contributed by atoms with Crippen LogP contribution in [0.3, 0.4) is 0 Å². The minimum absolute atomic E-state index is 0.0978. The zero-order chi connectivity index (χ0) is 17.2. The van der Waals surface area contributed by atoms with Crippen molar-refractivity contribution < 1.29 is 15.3 Å². The van der Waals surface area contributed by atoms with E-state index in [0.29, 0.717) is 19.4 Å². The van der Waals surface area contributed by atoms with Crippen molar-refractivity contribution in [2.24, 2.45) is 0 Å². The van der Waals surface area contributed by atoms with Crippen molar-refractivity contribution >= 4 is 0 Å². The number of phenols is 1. The number of aliphatic hydroxyl groups excluding tert-OH is 1. The summed E-state index contributed by atoms with van der Waals surface area (Å²) in [5.74, 6) is 0.192. The highest BCUT2D eigenvalue weighted by Gasteiger charge is 2.39. The van der Waals surface area contributed by atoms with Crippen LogP contribution in [0.4, 0.5) is 0 Å². The first kappa shape index (κ1) is 17.0. The Balaban J connectivity index is 1.64. The first-order valence-corrected chi connectivity index (χ1v) is 8.44. The average molecular weight is 327 g/mol. The van der Waals surface area contributed by atoms with Crippen molar-refractivity contribution in [1.82, 2.24) is 4.90 Å². The summed E-state index contributed by atoms with van der Waals surface area (Å²) in [6.07, 6.45) is 0.686. The lowest BCUT2D eigenvalue weighted by Gasteiger charge is -2.30. The second kappa shape index (κ2) is 6.93. The molecule has 2 aromatic rings. The molecule has 3 atom stereocenters. The van der Waals surface area contributed by atoms with Gasteiger partial charge in [0.15, 0.2) is 0 Å². The van der Waals surface area contributed by atoms with Gasteiger partial charge in [0.1, 0.15) is 5.75 Å². The van der Waals surface area contributed by atoms with Gasteiger partial charge in [-0.3, -0.25) is 4.90 Å². The third-order valence-corrected chi connectivity index (χ3v) is 5.01. The van der Waals surface area contributed by atoms with Crippen LogP contribution in [0.5, 0.6) is 5.75 Å². The Morgan fingerprint density at radius 3 is 2.42 bits per heavy atom. The summed E-state index contributed by atoms with van der Waals surface area (Å²) < 4.78 is 0. The van der Waals surface area contributed by atoms with Crippen molar-refractivity contribution in [3.63, 3.8) is 0 Å². The molecule has 2 unspecified atom stereocenters. The van der Waals surface area contributed by atoms with Crippen molar-refractivity contribution in [2.45, 2.75) is 37.5 Å². The van der Waals surface area contributed by atoms with Crippen LogP contribution in [0.25, 0.3) is 0 Å². The van der Waals surface area contributed by atoms with E-state index >= 15 is 0 Å². The molecule has 128 valence electrons. The molecule has 24 heavy (non-hydrogen) atoms.